The number of anilines is 1. The number of hydrogen-bond donors (Lipinski definition) is 0. The average Bonchev–Trinajstić information content (AvgIpc) is 2.64. The van der Waals surface area contributed by atoms with Gasteiger partial charge in [-0.1, -0.05) is 27.7 Å². The van der Waals surface area contributed by atoms with Crippen molar-refractivity contribution < 1.29 is 0 Å². The molecule has 0 spiro atoms. The molecular formula is C20H36N6. The van der Waals surface area contributed by atoms with Gasteiger partial charge in [-0.2, -0.15) is 5.26 Å². The fourth-order valence-corrected chi connectivity index (χ4v) is 3.15. The number of nitriles is 1. The van der Waals surface area contributed by atoms with E-state index in [9.17, 15) is 0 Å². The molecule has 1 unspecified atom stereocenters. The number of piperazine rings is 1. The van der Waals surface area contributed by atoms with E-state index >= 15 is 0 Å². The van der Waals surface area contributed by atoms with Crippen LogP contribution in [0.4, 0.5) is 5.82 Å². The predicted octanol–water partition coefficient (Wildman–Crippen LogP) is 2.78. The van der Waals surface area contributed by atoms with E-state index in [0.717, 1.165) is 50.6 Å². The minimum atomic E-state index is 0.246. The number of hydrogen-bond acceptors (Lipinski definition) is 6. The van der Waals surface area contributed by atoms with E-state index in [0.29, 0.717) is 12.0 Å². The second-order valence-corrected chi connectivity index (χ2v) is 7.31. The van der Waals surface area contributed by atoms with Gasteiger partial charge < -0.3 is 9.80 Å². The molecule has 2 heterocycles. The highest BCUT2D eigenvalue weighted by Crippen LogP contribution is 2.21. The Bertz CT molecular complexity index is 572. The van der Waals surface area contributed by atoms with Crippen molar-refractivity contribution in [1.82, 2.24) is 19.8 Å². The lowest BCUT2D eigenvalue weighted by atomic mass is 10.1. The summed E-state index contributed by atoms with van der Waals surface area (Å²) < 4.78 is 0. The molecule has 0 aliphatic carbocycles. The van der Waals surface area contributed by atoms with Crippen molar-refractivity contribution >= 4 is 5.82 Å². The van der Waals surface area contributed by atoms with Crippen LogP contribution in [0.3, 0.4) is 0 Å². The zero-order valence-electron chi connectivity index (χ0n) is 17.7. The van der Waals surface area contributed by atoms with Crippen LogP contribution in [0.15, 0.2) is 6.20 Å². The van der Waals surface area contributed by atoms with Gasteiger partial charge in [0.1, 0.15) is 11.9 Å². The summed E-state index contributed by atoms with van der Waals surface area (Å²) in [5, 5.41) is 9.13. The first-order valence-electron chi connectivity index (χ1n) is 9.82. The normalized spacial score (nSPS) is 16.6. The van der Waals surface area contributed by atoms with Crippen molar-refractivity contribution in [2.24, 2.45) is 5.92 Å². The van der Waals surface area contributed by atoms with E-state index in [1.54, 1.807) is 6.20 Å². The van der Waals surface area contributed by atoms with Crippen LogP contribution in [0.2, 0.25) is 0 Å². The van der Waals surface area contributed by atoms with Crippen LogP contribution < -0.4 is 4.90 Å². The van der Waals surface area contributed by atoms with Gasteiger partial charge in [-0.25, -0.2) is 9.97 Å². The van der Waals surface area contributed by atoms with Gasteiger partial charge in [-0.05, 0) is 26.8 Å². The Morgan fingerprint density at radius 2 is 1.81 bits per heavy atom. The van der Waals surface area contributed by atoms with Crippen LogP contribution >= 0.6 is 0 Å². The van der Waals surface area contributed by atoms with Crippen LogP contribution in [0, 0.1) is 24.2 Å². The summed E-state index contributed by atoms with van der Waals surface area (Å²) in [5.74, 6) is 1.67. The Kier molecular flexibility index (Phi) is 9.53. The lowest BCUT2D eigenvalue weighted by molar-refractivity contribution is 0.147. The van der Waals surface area contributed by atoms with Gasteiger partial charge in [0.15, 0.2) is 0 Å². The van der Waals surface area contributed by atoms with Gasteiger partial charge in [-0.15, -0.1) is 0 Å². The van der Waals surface area contributed by atoms with E-state index in [2.05, 4.69) is 58.6 Å². The molecule has 146 valence electrons. The Balaban J connectivity index is 0.00000163. The molecule has 2 rings (SSSR count). The van der Waals surface area contributed by atoms with Crippen molar-refractivity contribution in [3.63, 3.8) is 0 Å². The molecule has 1 aliphatic heterocycles. The van der Waals surface area contributed by atoms with E-state index in [1.165, 1.54) is 0 Å². The van der Waals surface area contributed by atoms with E-state index in [4.69, 9.17) is 5.26 Å². The maximum Gasteiger partial charge on any atom is 0.234 e. The molecule has 0 aromatic carbocycles. The standard InChI is InChI=1S/C18H30N6.C2H6/c1-14(2)12-24(18-15(3)11-20-17(10-19)21-18)16(4)13-23-8-6-22(5)7-9-23;1-2/h11,14,16H,6-9,12-13H2,1-5H3;1-2H3. The van der Waals surface area contributed by atoms with Crippen LogP contribution in [0.5, 0.6) is 0 Å². The van der Waals surface area contributed by atoms with E-state index in [-0.39, 0.29) is 5.82 Å². The smallest absolute Gasteiger partial charge is 0.234 e. The number of nitrogens with zero attached hydrogens (tertiary/aromatic N) is 6. The molecule has 6 nitrogen and oxygen atoms in total. The molecule has 1 aliphatic rings. The SMILES string of the molecule is CC.Cc1cnc(C#N)nc1N(CC(C)C)C(C)CN1CCN(C)CC1. The number of aromatic nitrogens is 2. The maximum absolute atomic E-state index is 9.13. The Hall–Kier alpha value is -1.71. The topological polar surface area (TPSA) is 59.3 Å². The first-order chi connectivity index (χ1) is 12.4. The van der Waals surface area contributed by atoms with Gasteiger partial charge in [-0.3, -0.25) is 4.90 Å². The molecule has 6 heteroatoms. The van der Waals surface area contributed by atoms with Crippen molar-refractivity contribution in [2.45, 2.75) is 47.6 Å². The number of rotatable bonds is 6. The minimum absolute atomic E-state index is 0.246. The quantitative estimate of drug-likeness (QED) is 0.777. The molecule has 1 aromatic heterocycles. The van der Waals surface area contributed by atoms with Crippen LogP contribution in [0.25, 0.3) is 0 Å². The predicted molar refractivity (Wildman–Crippen MR) is 108 cm³/mol. The summed E-state index contributed by atoms with van der Waals surface area (Å²) in [6.07, 6.45) is 1.76. The van der Waals surface area contributed by atoms with Crippen LogP contribution in [-0.4, -0.2) is 72.1 Å². The van der Waals surface area contributed by atoms with Crippen LogP contribution in [-0.2, 0) is 0 Å². The third-order valence-corrected chi connectivity index (χ3v) is 4.53. The molecular weight excluding hydrogens is 324 g/mol. The lowest BCUT2D eigenvalue weighted by Gasteiger charge is -2.38. The van der Waals surface area contributed by atoms with Gasteiger partial charge >= 0.3 is 0 Å². The fraction of sp³-hybridized carbons (Fsp3) is 0.750. The van der Waals surface area contributed by atoms with Crippen molar-refractivity contribution in [2.75, 3.05) is 51.2 Å². The second kappa shape index (κ2) is 11.1. The number of likely N-dealkylation sites (N-methyl/N-ethyl adjacent to an activating group) is 1. The summed E-state index contributed by atoms with van der Waals surface area (Å²) in [6.45, 7) is 19.1. The monoisotopic (exact) mass is 360 g/mol. The molecule has 1 saturated heterocycles. The van der Waals surface area contributed by atoms with E-state index < -0.39 is 0 Å². The Labute approximate surface area is 159 Å². The first kappa shape index (κ1) is 22.3. The summed E-state index contributed by atoms with van der Waals surface area (Å²) >= 11 is 0. The first-order valence-corrected chi connectivity index (χ1v) is 9.82. The zero-order chi connectivity index (χ0) is 19.7. The second-order valence-electron chi connectivity index (χ2n) is 7.31. The molecule has 0 N–H and O–H groups in total. The summed E-state index contributed by atoms with van der Waals surface area (Å²) in [7, 11) is 2.18. The van der Waals surface area contributed by atoms with Gasteiger partial charge in [0.2, 0.25) is 5.82 Å². The van der Waals surface area contributed by atoms with Gasteiger partial charge in [0, 0.05) is 57.1 Å². The Morgan fingerprint density at radius 3 is 2.35 bits per heavy atom. The van der Waals surface area contributed by atoms with Crippen molar-refractivity contribution in [3.05, 3.63) is 17.6 Å². The third-order valence-electron chi connectivity index (χ3n) is 4.53. The highest BCUT2D eigenvalue weighted by molar-refractivity contribution is 5.47. The molecule has 1 fully saturated rings. The zero-order valence-corrected chi connectivity index (χ0v) is 17.7. The van der Waals surface area contributed by atoms with Crippen molar-refractivity contribution in [3.8, 4) is 6.07 Å². The summed E-state index contributed by atoms with van der Waals surface area (Å²) in [4.78, 5) is 15.8. The summed E-state index contributed by atoms with van der Waals surface area (Å²) in [6, 6.07) is 2.41. The van der Waals surface area contributed by atoms with Gasteiger partial charge in [0.25, 0.3) is 0 Å². The molecule has 0 amide bonds. The molecule has 0 bridgehead atoms. The summed E-state index contributed by atoms with van der Waals surface area (Å²) in [5.41, 5.74) is 1.03. The maximum atomic E-state index is 9.13. The van der Waals surface area contributed by atoms with Crippen LogP contribution in [0.1, 0.15) is 46.0 Å². The number of aryl methyl sites for hydroxylation is 1. The third kappa shape index (κ3) is 6.54. The average molecular weight is 361 g/mol. The molecule has 1 aromatic rings. The Morgan fingerprint density at radius 1 is 1.19 bits per heavy atom. The highest BCUT2D eigenvalue weighted by Gasteiger charge is 2.23. The largest absolute Gasteiger partial charge is 0.352 e. The molecule has 26 heavy (non-hydrogen) atoms. The lowest BCUT2D eigenvalue weighted by Crippen LogP contribution is -2.50. The van der Waals surface area contributed by atoms with Gasteiger partial charge in [0.05, 0.1) is 0 Å². The minimum Gasteiger partial charge on any atom is -0.352 e. The molecule has 1 atom stereocenters. The van der Waals surface area contributed by atoms with E-state index in [1.807, 2.05) is 20.8 Å². The van der Waals surface area contributed by atoms with Crippen molar-refractivity contribution in [1.29, 1.82) is 5.26 Å². The molecule has 0 saturated carbocycles. The molecule has 0 radical (unpaired) electrons. The fourth-order valence-electron chi connectivity index (χ4n) is 3.15. The highest BCUT2D eigenvalue weighted by atomic mass is 15.3.